The van der Waals surface area contributed by atoms with E-state index in [0.717, 1.165) is 15.8 Å². The minimum Gasteiger partial charge on any atom is -0.744 e. The van der Waals surface area contributed by atoms with Crippen LogP contribution in [0.4, 0.5) is 5.13 Å². The predicted octanol–water partition coefficient (Wildman–Crippen LogP) is 7.85. The van der Waals surface area contributed by atoms with E-state index in [1.165, 1.54) is 43.7 Å². The summed E-state index contributed by atoms with van der Waals surface area (Å²) in [5.41, 5.74) is 3.63. The largest absolute Gasteiger partial charge is 0.744 e. The number of nitrogens with one attached hydrogen (secondary N) is 1. The van der Waals surface area contributed by atoms with Crippen molar-refractivity contribution >= 4 is 53.6 Å². The van der Waals surface area contributed by atoms with Crippen LogP contribution in [0.15, 0.2) is 147 Å². The van der Waals surface area contributed by atoms with Gasteiger partial charge in [0, 0.05) is 5.56 Å². The van der Waals surface area contributed by atoms with Gasteiger partial charge in [-0.05, 0) is 92.2 Å². The van der Waals surface area contributed by atoms with E-state index in [4.69, 9.17) is 0 Å². The summed E-state index contributed by atoms with van der Waals surface area (Å²) in [5.74, 6) is -0.147. The number of aryl methyl sites for hydroxylation is 2. The monoisotopic (exact) mass is 624 g/mol. The number of carbonyl (C=O) groups excluding carboxylic acids is 1. The lowest BCUT2D eigenvalue weighted by Gasteiger charge is -2.08. The second kappa shape index (κ2) is 13.4. The lowest BCUT2D eigenvalue weighted by molar-refractivity contribution is 0.102. The molecule has 6 nitrogen and oxygen atoms in total. The van der Waals surface area contributed by atoms with Crippen molar-refractivity contribution in [2.24, 2.45) is 0 Å². The first kappa shape index (κ1) is 30.2. The quantitative estimate of drug-likeness (QED) is 0.150. The maximum absolute atomic E-state index is 12.8. The molecule has 1 N–H and O–H groups in total. The number of anilines is 1. The zero-order valence-electron chi connectivity index (χ0n) is 23.4. The van der Waals surface area contributed by atoms with Crippen LogP contribution in [0, 0.1) is 13.8 Å². The molecule has 43 heavy (non-hydrogen) atoms. The molecular formula is C34H28N2O4S3. The SMILES string of the molecule is Cc1ccc(S(=O)(=O)[O-])cc1.Cc1ccc2nc(NC(=O)c3ccc([S+](c4ccccc4)c4ccccc4)cc3)sc2c1. The zero-order valence-corrected chi connectivity index (χ0v) is 25.9. The molecule has 1 aromatic heterocycles. The summed E-state index contributed by atoms with van der Waals surface area (Å²) in [4.78, 5) is 20.9. The number of benzene rings is 5. The smallest absolute Gasteiger partial charge is 0.257 e. The van der Waals surface area contributed by atoms with Crippen LogP contribution in [0.5, 0.6) is 0 Å². The van der Waals surface area contributed by atoms with E-state index in [2.05, 4.69) is 84.0 Å². The Morgan fingerprint density at radius 3 is 1.81 bits per heavy atom. The highest BCUT2D eigenvalue weighted by molar-refractivity contribution is 7.97. The van der Waals surface area contributed by atoms with Crippen LogP contribution in [0.25, 0.3) is 10.2 Å². The number of nitrogens with zero attached hydrogens (tertiary/aromatic N) is 1. The minimum atomic E-state index is -4.27. The van der Waals surface area contributed by atoms with E-state index < -0.39 is 10.1 Å². The van der Waals surface area contributed by atoms with Crippen LogP contribution in [0.3, 0.4) is 0 Å². The Morgan fingerprint density at radius 2 is 1.26 bits per heavy atom. The summed E-state index contributed by atoms with van der Waals surface area (Å²) in [6.45, 7) is 3.87. The summed E-state index contributed by atoms with van der Waals surface area (Å²) < 4.78 is 32.2. The van der Waals surface area contributed by atoms with Crippen molar-refractivity contribution in [1.82, 2.24) is 4.98 Å². The van der Waals surface area contributed by atoms with Crippen LogP contribution in [-0.4, -0.2) is 23.9 Å². The molecule has 1 amide bonds. The Kier molecular flexibility index (Phi) is 9.37. The van der Waals surface area contributed by atoms with Crippen molar-refractivity contribution in [2.45, 2.75) is 33.4 Å². The van der Waals surface area contributed by atoms with E-state index in [9.17, 15) is 17.8 Å². The number of rotatable bonds is 6. The number of fused-ring (bicyclic) bond motifs is 1. The number of hydrogen-bond donors (Lipinski definition) is 1. The predicted molar refractivity (Wildman–Crippen MR) is 173 cm³/mol. The first-order valence-electron chi connectivity index (χ1n) is 13.3. The molecule has 0 bridgehead atoms. The van der Waals surface area contributed by atoms with Gasteiger partial charge in [-0.15, -0.1) is 0 Å². The van der Waals surface area contributed by atoms with Gasteiger partial charge in [0.2, 0.25) is 0 Å². The summed E-state index contributed by atoms with van der Waals surface area (Å²) in [6.07, 6.45) is 0. The van der Waals surface area contributed by atoms with Crippen LogP contribution in [-0.2, 0) is 21.0 Å². The van der Waals surface area contributed by atoms with Gasteiger partial charge in [0.25, 0.3) is 5.91 Å². The molecule has 0 aliphatic heterocycles. The van der Waals surface area contributed by atoms with Gasteiger partial charge in [0.05, 0.1) is 26.0 Å². The van der Waals surface area contributed by atoms with Crippen LogP contribution >= 0.6 is 11.3 Å². The number of thiazole rings is 1. The average Bonchev–Trinajstić information content (AvgIpc) is 3.40. The first-order chi connectivity index (χ1) is 20.7. The van der Waals surface area contributed by atoms with Gasteiger partial charge in [0.15, 0.2) is 19.8 Å². The van der Waals surface area contributed by atoms with E-state index in [1.807, 2.05) is 43.3 Å². The molecule has 0 atom stereocenters. The number of aromatic nitrogens is 1. The molecule has 0 spiro atoms. The second-order valence-electron chi connectivity index (χ2n) is 9.67. The maximum atomic E-state index is 12.8. The van der Waals surface area contributed by atoms with Crippen LogP contribution in [0.1, 0.15) is 21.5 Å². The third-order valence-electron chi connectivity index (χ3n) is 6.38. The lowest BCUT2D eigenvalue weighted by atomic mass is 10.2. The van der Waals surface area contributed by atoms with Crippen LogP contribution < -0.4 is 5.32 Å². The van der Waals surface area contributed by atoms with Crippen molar-refractivity contribution in [3.63, 3.8) is 0 Å². The van der Waals surface area contributed by atoms with Crippen molar-refractivity contribution in [3.8, 4) is 0 Å². The lowest BCUT2D eigenvalue weighted by Crippen LogP contribution is -2.12. The topological polar surface area (TPSA) is 99.2 Å². The zero-order chi connectivity index (χ0) is 30.4. The van der Waals surface area contributed by atoms with Crippen LogP contribution in [0.2, 0.25) is 0 Å². The van der Waals surface area contributed by atoms with Gasteiger partial charge in [-0.25, -0.2) is 13.4 Å². The Labute approximate surface area is 258 Å². The van der Waals surface area contributed by atoms with Gasteiger partial charge in [-0.1, -0.05) is 71.5 Å². The molecule has 0 aliphatic rings. The fourth-order valence-corrected chi connectivity index (χ4v) is 7.74. The molecule has 0 saturated heterocycles. The highest BCUT2D eigenvalue weighted by atomic mass is 32.2. The molecule has 0 aliphatic carbocycles. The van der Waals surface area contributed by atoms with Crippen molar-refractivity contribution in [1.29, 1.82) is 0 Å². The first-order valence-corrected chi connectivity index (χ1v) is 16.8. The molecule has 0 unspecified atom stereocenters. The molecular weight excluding hydrogens is 597 g/mol. The van der Waals surface area contributed by atoms with Gasteiger partial charge in [0.1, 0.15) is 10.1 Å². The molecule has 0 radical (unpaired) electrons. The number of carbonyl (C=O) groups is 1. The Morgan fingerprint density at radius 1 is 0.721 bits per heavy atom. The summed E-state index contributed by atoms with van der Waals surface area (Å²) in [5, 5.41) is 3.57. The van der Waals surface area contributed by atoms with Crippen molar-refractivity contribution in [3.05, 3.63) is 144 Å². The van der Waals surface area contributed by atoms with E-state index in [-0.39, 0.29) is 21.7 Å². The molecule has 5 aromatic carbocycles. The molecule has 216 valence electrons. The third-order valence-corrected chi connectivity index (χ3v) is 10.4. The molecule has 6 aromatic rings. The standard InChI is InChI=1S/C27H20N2OS2.C7H8O3S/c1-19-12-17-24-25(18-19)31-27(28-24)29-26(30)20-13-15-23(16-14-20)32(21-8-4-2-5-9-21)22-10-6-3-7-11-22;1-6-2-4-7(5-3-6)11(8,9)10/h2-18H,1H3;2-5H,1H3,(H,8,9,10). The van der Waals surface area contributed by atoms with E-state index >= 15 is 0 Å². The summed E-state index contributed by atoms with van der Waals surface area (Å²) >= 11 is 1.50. The van der Waals surface area contributed by atoms with Gasteiger partial charge < -0.3 is 4.55 Å². The van der Waals surface area contributed by atoms with Crippen molar-refractivity contribution < 1.29 is 17.8 Å². The molecule has 1 heterocycles. The molecule has 0 saturated carbocycles. The summed E-state index contributed by atoms with van der Waals surface area (Å²) in [6, 6.07) is 40.8. The fraction of sp³-hybridized carbons (Fsp3) is 0.0588. The third kappa shape index (κ3) is 7.77. The average molecular weight is 625 g/mol. The van der Waals surface area contributed by atoms with Gasteiger partial charge in [-0.2, -0.15) is 0 Å². The van der Waals surface area contributed by atoms with Crippen molar-refractivity contribution in [2.75, 3.05) is 5.32 Å². The highest BCUT2D eigenvalue weighted by Crippen LogP contribution is 2.31. The molecule has 6 rings (SSSR count). The summed E-state index contributed by atoms with van der Waals surface area (Å²) in [7, 11) is -4.50. The second-order valence-corrected chi connectivity index (χ2v) is 14.1. The number of amides is 1. The van der Waals surface area contributed by atoms with Gasteiger partial charge in [-0.3, -0.25) is 10.1 Å². The minimum absolute atomic E-state index is 0.147. The normalized spacial score (nSPS) is 11.2. The van der Waals surface area contributed by atoms with E-state index in [1.54, 1.807) is 12.1 Å². The Bertz CT molecular complexity index is 1900. The Hall–Kier alpha value is -4.28. The number of hydrogen-bond acceptors (Lipinski definition) is 6. The maximum Gasteiger partial charge on any atom is 0.257 e. The Balaban J connectivity index is 0.000000283. The van der Waals surface area contributed by atoms with E-state index in [0.29, 0.717) is 10.7 Å². The molecule has 0 fully saturated rings. The highest BCUT2D eigenvalue weighted by Gasteiger charge is 2.28. The molecule has 9 heteroatoms. The van der Waals surface area contributed by atoms with Gasteiger partial charge >= 0.3 is 0 Å². The fourth-order valence-electron chi connectivity index (χ4n) is 4.22.